The van der Waals surface area contributed by atoms with Gasteiger partial charge in [0, 0.05) is 20.2 Å². The van der Waals surface area contributed by atoms with Gasteiger partial charge in [0.1, 0.15) is 6.42 Å². The molecule has 0 aliphatic carbocycles. The zero-order chi connectivity index (χ0) is 12.4. The van der Waals surface area contributed by atoms with Crippen LogP contribution in [0.1, 0.15) is 12.8 Å². The van der Waals surface area contributed by atoms with Crippen LogP contribution in [0.4, 0.5) is 0 Å². The maximum atomic E-state index is 11.4. The maximum absolute atomic E-state index is 11.4. The Kier molecular flexibility index (Phi) is 7.81. The van der Waals surface area contributed by atoms with Gasteiger partial charge in [0.2, 0.25) is 5.91 Å². The molecule has 0 aromatic heterocycles. The Balaban J connectivity index is 4.15. The molecule has 0 aromatic rings. The lowest BCUT2D eigenvalue weighted by Crippen LogP contribution is -2.35. The highest BCUT2D eigenvalue weighted by Crippen LogP contribution is 1.97. The number of nitriles is 1. The van der Waals surface area contributed by atoms with E-state index < -0.39 is 0 Å². The SMILES string of the molecule is COCCN(CCC(=O)OC)C(=O)CC#N. The molecule has 6 nitrogen and oxygen atoms in total. The highest BCUT2D eigenvalue weighted by molar-refractivity contribution is 5.79. The molecule has 0 unspecified atom stereocenters. The topological polar surface area (TPSA) is 79.6 Å². The Morgan fingerprint density at radius 3 is 2.50 bits per heavy atom. The van der Waals surface area contributed by atoms with E-state index >= 15 is 0 Å². The van der Waals surface area contributed by atoms with Crippen LogP contribution in [0, 0.1) is 11.3 Å². The third-order valence-electron chi connectivity index (χ3n) is 1.96. The van der Waals surface area contributed by atoms with Gasteiger partial charge in [-0.25, -0.2) is 0 Å². The summed E-state index contributed by atoms with van der Waals surface area (Å²) < 4.78 is 9.31. The zero-order valence-electron chi connectivity index (χ0n) is 9.56. The van der Waals surface area contributed by atoms with Gasteiger partial charge in [-0.15, -0.1) is 0 Å². The number of amides is 1. The van der Waals surface area contributed by atoms with Crippen molar-refractivity contribution >= 4 is 11.9 Å². The Labute approximate surface area is 94.7 Å². The summed E-state index contributed by atoms with van der Waals surface area (Å²) >= 11 is 0. The maximum Gasteiger partial charge on any atom is 0.307 e. The third kappa shape index (κ3) is 5.98. The quantitative estimate of drug-likeness (QED) is 0.570. The van der Waals surface area contributed by atoms with Gasteiger partial charge in [0.05, 0.1) is 26.2 Å². The summed E-state index contributed by atoms with van der Waals surface area (Å²) in [5, 5.41) is 8.41. The van der Waals surface area contributed by atoms with Crippen LogP contribution in [0.3, 0.4) is 0 Å². The number of rotatable bonds is 7. The van der Waals surface area contributed by atoms with E-state index in [9.17, 15) is 9.59 Å². The molecule has 0 spiro atoms. The van der Waals surface area contributed by atoms with E-state index in [1.54, 1.807) is 6.07 Å². The lowest BCUT2D eigenvalue weighted by Gasteiger charge is -2.20. The molecule has 0 aliphatic rings. The highest BCUT2D eigenvalue weighted by atomic mass is 16.5. The number of hydrogen-bond donors (Lipinski definition) is 0. The number of methoxy groups -OCH3 is 2. The number of carbonyl (C=O) groups excluding carboxylic acids is 2. The van der Waals surface area contributed by atoms with Crippen LogP contribution in [0.2, 0.25) is 0 Å². The van der Waals surface area contributed by atoms with Crippen molar-refractivity contribution in [3.8, 4) is 6.07 Å². The molecule has 0 saturated heterocycles. The fraction of sp³-hybridized carbons (Fsp3) is 0.700. The molecule has 0 N–H and O–H groups in total. The summed E-state index contributed by atoms with van der Waals surface area (Å²) in [6.07, 6.45) is -0.0672. The number of carbonyl (C=O) groups is 2. The third-order valence-corrected chi connectivity index (χ3v) is 1.96. The fourth-order valence-electron chi connectivity index (χ4n) is 1.07. The predicted molar refractivity (Wildman–Crippen MR) is 55.3 cm³/mol. The van der Waals surface area contributed by atoms with Crippen molar-refractivity contribution in [2.75, 3.05) is 33.9 Å². The van der Waals surface area contributed by atoms with Gasteiger partial charge < -0.3 is 14.4 Å². The minimum Gasteiger partial charge on any atom is -0.469 e. The summed E-state index contributed by atoms with van der Waals surface area (Å²) in [7, 11) is 2.81. The molecule has 0 radical (unpaired) electrons. The van der Waals surface area contributed by atoms with E-state index in [2.05, 4.69) is 4.74 Å². The second-order valence-corrected chi connectivity index (χ2v) is 3.03. The first kappa shape index (κ1) is 14.4. The molecule has 0 saturated carbocycles. The van der Waals surface area contributed by atoms with Crippen molar-refractivity contribution < 1.29 is 19.1 Å². The van der Waals surface area contributed by atoms with Crippen LogP contribution in [0.15, 0.2) is 0 Å². The number of hydrogen-bond acceptors (Lipinski definition) is 5. The lowest BCUT2D eigenvalue weighted by molar-refractivity contribution is -0.141. The van der Waals surface area contributed by atoms with Crippen LogP contribution in [0.25, 0.3) is 0 Å². The molecule has 1 amide bonds. The predicted octanol–water partition coefficient (Wildman–Crippen LogP) is -0.0618. The summed E-state index contributed by atoms with van der Waals surface area (Å²) in [4.78, 5) is 23.8. The van der Waals surface area contributed by atoms with Crippen molar-refractivity contribution in [2.45, 2.75) is 12.8 Å². The zero-order valence-corrected chi connectivity index (χ0v) is 9.56. The van der Waals surface area contributed by atoms with Gasteiger partial charge in [-0.1, -0.05) is 0 Å². The molecule has 90 valence electrons. The van der Waals surface area contributed by atoms with Crippen molar-refractivity contribution in [3.05, 3.63) is 0 Å². The monoisotopic (exact) mass is 228 g/mol. The highest BCUT2D eigenvalue weighted by Gasteiger charge is 2.14. The Morgan fingerprint density at radius 1 is 1.31 bits per heavy atom. The standard InChI is InChI=1S/C10H16N2O4/c1-15-8-7-12(9(13)3-5-11)6-4-10(14)16-2/h3-4,6-8H2,1-2H3. The molecule has 0 fully saturated rings. The molecular formula is C10H16N2O4. The summed E-state index contributed by atoms with van der Waals surface area (Å²) in [5.74, 6) is -0.685. The molecule has 0 rings (SSSR count). The van der Waals surface area contributed by atoms with E-state index in [-0.39, 0.29) is 31.3 Å². The fourth-order valence-corrected chi connectivity index (χ4v) is 1.07. The Bertz CT molecular complexity index is 272. The number of nitrogens with zero attached hydrogens (tertiary/aromatic N) is 2. The van der Waals surface area contributed by atoms with Crippen molar-refractivity contribution in [2.24, 2.45) is 0 Å². The molecule has 6 heteroatoms. The normalized spacial score (nSPS) is 9.31. The molecule has 0 aromatic carbocycles. The number of ether oxygens (including phenoxy) is 2. The Morgan fingerprint density at radius 2 is 2.00 bits per heavy atom. The van der Waals surface area contributed by atoms with E-state index in [1.165, 1.54) is 19.1 Å². The molecular weight excluding hydrogens is 212 g/mol. The minimum atomic E-state index is -0.382. The molecule has 0 atom stereocenters. The summed E-state index contributed by atoms with van der Waals surface area (Å²) in [6, 6.07) is 1.78. The van der Waals surface area contributed by atoms with Crippen LogP contribution in [-0.2, 0) is 19.1 Å². The minimum absolute atomic E-state index is 0.122. The first-order valence-electron chi connectivity index (χ1n) is 4.86. The first-order chi connectivity index (χ1) is 7.65. The van der Waals surface area contributed by atoms with Crippen LogP contribution < -0.4 is 0 Å². The molecule has 0 bridgehead atoms. The van der Waals surface area contributed by atoms with E-state index in [0.717, 1.165) is 0 Å². The van der Waals surface area contributed by atoms with E-state index in [1.807, 2.05) is 0 Å². The van der Waals surface area contributed by atoms with Crippen molar-refractivity contribution in [1.29, 1.82) is 5.26 Å². The van der Waals surface area contributed by atoms with Gasteiger partial charge in [-0.05, 0) is 0 Å². The van der Waals surface area contributed by atoms with Gasteiger partial charge in [-0.3, -0.25) is 9.59 Å². The van der Waals surface area contributed by atoms with Crippen LogP contribution in [-0.4, -0.2) is 50.7 Å². The van der Waals surface area contributed by atoms with Crippen LogP contribution >= 0.6 is 0 Å². The summed E-state index contributed by atoms with van der Waals surface area (Å²) in [6.45, 7) is 0.989. The van der Waals surface area contributed by atoms with Gasteiger partial charge in [-0.2, -0.15) is 5.26 Å². The van der Waals surface area contributed by atoms with Crippen molar-refractivity contribution in [1.82, 2.24) is 4.90 Å². The second kappa shape index (κ2) is 8.68. The van der Waals surface area contributed by atoms with E-state index in [4.69, 9.17) is 10.00 Å². The Hall–Kier alpha value is -1.61. The summed E-state index contributed by atoms with van der Waals surface area (Å²) in [5.41, 5.74) is 0. The van der Waals surface area contributed by atoms with Gasteiger partial charge in [0.25, 0.3) is 0 Å². The average Bonchev–Trinajstić information content (AvgIpc) is 2.29. The average molecular weight is 228 g/mol. The molecule has 0 aliphatic heterocycles. The molecule has 16 heavy (non-hydrogen) atoms. The largest absolute Gasteiger partial charge is 0.469 e. The van der Waals surface area contributed by atoms with Gasteiger partial charge in [0.15, 0.2) is 0 Å². The second-order valence-electron chi connectivity index (χ2n) is 3.03. The smallest absolute Gasteiger partial charge is 0.307 e. The lowest BCUT2D eigenvalue weighted by atomic mass is 10.3. The van der Waals surface area contributed by atoms with E-state index in [0.29, 0.717) is 13.2 Å². The number of esters is 1. The van der Waals surface area contributed by atoms with Crippen molar-refractivity contribution in [3.63, 3.8) is 0 Å². The molecule has 0 heterocycles. The van der Waals surface area contributed by atoms with Crippen LogP contribution in [0.5, 0.6) is 0 Å². The first-order valence-corrected chi connectivity index (χ1v) is 4.86. The van der Waals surface area contributed by atoms with Gasteiger partial charge >= 0.3 is 5.97 Å².